The number of ether oxygens (including phenoxy) is 1. The summed E-state index contributed by atoms with van der Waals surface area (Å²) in [6.45, 7) is 6.28. The van der Waals surface area contributed by atoms with Crippen LogP contribution in [0.2, 0.25) is 0 Å². The second kappa shape index (κ2) is 10.9. The van der Waals surface area contributed by atoms with Gasteiger partial charge in [-0.1, -0.05) is 32.6 Å². The van der Waals surface area contributed by atoms with Gasteiger partial charge in [-0.05, 0) is 75.1 Å². The predicted octanol–water partition coefficient (Wildman–Crippen LogP) is 4.85. The molecule has 0 atom stereocenters. The largest absolute Gasteiger partial charge is 0.462 e. The van der Waals surface area contributed by atoms with Gasteiger partial charge in [-0.2, -0.15) is 0 Å². The van der Waals surface area contributed by atoms with Crippen molar-refractivity contribution in [2.45, 2.75) is 71.8 Å². The van der Waals surface area contributed by atoms with Crippen LogP contribution in [0, 0.1) is 13.8 Å². The topological polar surface area (TPSA) is 97.7 Å². The number of hydrogen-bond donors (Lipinski definition) is 1. The Morgan fingerprint density at radius 2 is 1.78 bits per heavy atom. The van der Waals surface area contributed by atoms with E-state index in [1.54, 1.807) is 18.2 Å². The molecular weight excluding hydrogens is 458 g/mol. The molecule has 4 amide bonds. The van der Waals surface area contributed by atoms with Gasteiger partial charge in [0.25, 0.3) is 11.8 Å². The lowest BCUT2D eigenvalue weighted by Gasteiger charge is -2.35. The fourth-order valence-corrected chi connectivity index (χ4v) is 4.97. The van der Waals surface area contributed by atoms with Crippen LogP contribution in [0.15, 0.2) is 35.9 Å². The molecule has 8 heteroatoms. The Morgan fingerprint density at radius 1 is 1.08 bits per heavy atom. The Balaban J connectivity index is 1.59. The van der Waals surface area contributed by atoms with Gasteiger partial charge in [-0.3, -0.25) is 19.8 Å². The second-order valence-corrected chi connectivity index (χ2v) is 9.48. The molecule has 0 unspecified atom stereocenters. The molecular formula is C28H33N3O5. The Bertz CT molecular complexity index is 1200. The van der Waals surface area contributed by atoms with Gasteiger partial charge < -0.3 is 9.30 Å². The maximum atomic E-state index is 13.2. The van der Waals surface area contributed by atoms with Gasteiger partial charge in [0.15, 0.2) is 0 Å². The van der Waals surface area contributed by atoms with Crippen molar-refractivity contribution in [3.8, 4) is 5.69 Å². The van der Waals surface area contributed by atoms with Crippen molar-refractivity contribution in [1.82, 2.24) is 14.8 Å². The number of carbonyl (C=O) groups is 4. The molecule has 36 heavy (non-hydrogen) atoms. The number of urea groups is 1. The van der Waals surface area contributed by atoms with Crippen LogP contribution in [0.25, 0.3) is 11.8 Å². The molecule has 1 aromatic carbocycles. The highest BCUT2D eigenvalue weighted by atomic mass is 16.5. The fraction of sp³-hybridized carbons (Fsp3) is 0.429. The molecule has 1 N–H and O–H groups in total. The molecule has 0 spiro atoms. The molecule has 0 radical (unpaired) electrons. The molecule has 0 bridgehead atoms. The SMILES string of the molecule is CCCCOC(=O)c1ccc(-n2c(C)cc(/C=C3/C(=O)NC(=O)N(C4CCCCC4)C3=O)c2C)cc1. The first-order valence-electron chi connectivity index (χ1n) is 12.7. The minimum Gasteiger partial charge on any atom is -0.462 e. The highest BCUT2D eigenvalue weighted by molar-refractivity contribution is 6.31. The number of aromatic nitrogens is 1. The van der Waals surface area contributed by atoms with E-state index in [2.05, 4.69) is 5.32 Å². The minimum atomic E-state index is -0.673. The van der Waals surface area contributed by atoms with E-state index < -0.39 is 17.8 Å². The van der Waals surface area contributed by atoms with Gasteiger partial charge in [0.05, 0.1) is 12.2 Å². The molecule has 2 fully saturated rings. The number of rotatable bonds is 7. The summed E-state index contributed by atoms with van der Waals surface area (Å²) in [5, 5.41) is 2.34. The van der Waals surface area contributed by atoms with Gasteiger partial charge in [0, 0.05) is 23.1 Å². The summed E-state index contributed by atoms with van der Waals surface area (Å²) >= 11 is 0. The molecule has 1 aromatic heterocycles. The van der Waals surface area contributed by atoms with E-state index in [0.29, 0.717) is 17.7 Å². The number of aryl methyl sites for hydroxylation is 1. The number of barbiturate groups is 1. The van der Waals surface area contributed by atoms with Crippen LogP contribution in [-0.4, -0.2) is 45.9 Å². The van der Waals surface area contributed by atoms with Gasteiger partial charge in [-0.15, -0.1) is 0 Å². The smallest absolute Gasteiger partial charge is 0.338 e. The Morgan fingerprint density at radius 3 is 2.44 bits per heavy atom. The number of carbonyl (C=O) groups excluding carboxylic acids is 4. The third-order valence-corrected chi connectivity index (χ3v) is 6.94. The lowest BCUT2D eigenvalue weighted by Crippen LogP contribution is -2.58. The number of hydrogen-bond acceptors (Lipinski definition) is 5. The number of benzene rings is 1. The molecule has 4 rings (SSSR count). The van der Waals surface area contributed by atoms with Crippen molar-refractivity contribution in [1.29, 1.82) is 0 Å². The summed E-state index contributed by atoms with van der Waals surface area (Å²) in [6.07, 6.45) is 7.90. The summed E-state index contributed by atoms with van der Waals surface area (Å²) in [6, 6.07) is 8.23. The van der Waals surface area contributed by atoms with Crippen LogP contribution < -0.4 is 5.32 Å². The monoisotopic (exact) mass is 491 g/mol. The summed E-state index contributed by atoms with van der Waals surface area (Å²) in [5.41, 5.74) is 3.74. The average molecular weight is 492 g/mol. The van der Waals surface area contributed by atoms with Crippen molar-refractivity contribution < 1.29 is 23.9 Å². The highest BCUT2D eigenvalue weighted by Crippen LogP contribution is 2.28. The molecule has 2 aromatic rings. The van der Waals surface area contributed by atoms with E-state index in [1.165, 1.54) is 4.90 Å². The molecule has 1 saturated carbocycles. The van der Waals surface area contributed by atoms with Crippen molar-refractivity contribution >= 4 is 29.9 Å². The Kier molecular flexibility index (Phi) is 7.72. The quantitative estimate of drug-likeness (QED) is 0.259. The van der Waals surface area contributed by atoms with Crippen LogP contribution in [0.4, 0.5) is 4.79 Å². The third kappa shape index (κ3) is 5.12. The standard InChI is InChI=1S/C28H33N3O5/c1-4-5-15-36-27(34)20-11-13-23(14-12-20)30-18(2)16-21(19(30)3)17-24-25(32)29-28(35)31(26(24)33)22-9-7-6-8-10-22/h11-14,16-17,22H,4-10,15H2,1-3H3,(H,29,32,35)/b24-17-. The van der Waals surface area contributed by atoms with Crippen LogP contribution in [-0.2, 0) is 14.3 Å². The fourth-order valence-electron chi connectivity index (χ4n) is 4.97. The molecule has 2 heterocycles. The zero-order valence-corrected chi connectivity index (χ0v) is 21.1. The Labute approximate surface area is 211 Å². The number of amides is 4. The van der Waals surface area contributed by atoms with Crippen LogP contribution in [0.3, 0.4) is 0 Å². The minimum absolute atomic E-state index is 0.0365. The maximum Gasteiger partial charge on any atom is 0.338 e. The van der Waals surface area contributed by atoms with E-state index in [1.807, 2.05) is 43.5 Å². The van der Waals surface area contributed by atoms with Gasteiger partial charge in [0.1, 0.15) is 5.57 Å². The summed E-state index contributed by atoms with van der Waals surface area (Å²) < 4.78 is 7.27. The molecule has 190 valence electrons. The maximum absolute atomic E-state index is 13.2. The van der Waals surface area contributed by atoms with Crippen molar-refractivity contribution in [3.63, 3.8) is 0 Å². The zero-order valence-electron chi connectivity index (χ0n) is 21.1. The Hall–Kier alpha value is -3.68. The predicted molar refractivity (Wildman–Crippen MR) is 136 cm³/mol. The van der Waals surface area contributed by atoms with E-state index in [9.17, 15) is 19.2 Å². The number of nitrogens with zero attached hydrogens (tertiary/aromatic N) is 2. The van der Waals surface area contributed by atoms with Crippen LogP contribution >= 0.6 is 0 Å². The van der Waals surface area contributed by atoms with Gasteiger partial charge in [-0.25, -0.2) is 9.59 Å². The van der Waals surface area contributed by atoms with Crippen molar-refractivity contribution in [2.24, 2.45) is 0 Å². The first-order chi connectivity index (χ1) is 17.3. The first-order valence-corrected chi connectivity index (χ1v) is 12.7. The number of unbranched alkanes of at least 4 members (excludes halogenated alkanes) is 1. The summed E-state index contributed by atoms with van der Waals surface area (Å²) in [4.78, 5) is 51.8. The van der Waals surface area contributed by atoms with E-state index in [0.717, 1.165) is 62.0 Å². The van der Waals surface area contributed by atoms with Crippen molar-refractivity contribution in [2.75, 3.05) is 6.61 Å². The van der Waals surface area contributed by atoms with E-state index >= 15 is 0 Å². The van der Waals surface area contributed by atoms with E-state index in [-0.39, 0.29) is 17.6 Å². The summed E-state index contributed by atoms with van der Waals surface area (Å²) in [7, 11) is 0. The van der Waals surface area contributed by atoms with E-state index in [4.69, 9.17) is 4.74 Å². The van der Waals surface area contributed by atoms with Crippen molar-refractivity contribution in [3.05, 3.63) is 58.4 Å². The van der Waals surface area contributed by atoms with Gasteiger partial charge in [0.2, 0.25) is 0 Å². The molecule has 1 aliphatic heterocycles. The molecule has 1 saturated heterocycles. The third-order valence-electron chi connectivity index (χ3n) is 6.94. The van der Waals surface area contributed by atoms with Crippen LogP contribution in [0.5, 0.6) is 0 Å². The molecule has 1 aliphatic carbocycles. The number of esters is 1. The first kappa shape index (κ1) is 25.4. The number of nitrogens with one attached hydrogen (secondary N) is 1. The van der Waals surface area contributed by atoms with Gasteiger partial charge >= 0.3 is 12.0 Å². The highest BCUT2D eigenvalue weighted by Gasteiger charge is 2.40. The summed E-state index contributed by atoms with van der Waals surface area (Å²) in [5.74, 6) is -1.56. The molecule has 2 aliphatic rings. The lowest BCUT2D eigenvalue weighted by molar-refractivity contribution is -0.132. The molecule has 8 nitrogen and oxygen atoms in total. The van der Waals surface area contributed by atoms with Crippen LogP contribution in [0.1, 0.15) is 79.2 Å². The lowest BCUT2D eigenvalue weighted by atomic mass is 9.93. The zero-order chi connectivity index (χ0) is 25.8. The number of imide groups is 2. The second-order valence-electron chi connectivity index (χ2n) is 9.48. The normalized spacial score (nSPS) is 18.0. The average Bonchev–Trinajstić information content (AvgIpc) is 3.15.